The number of hydrogen-bond donors (Lipinski definition) is 7. The molecular weight excluding hydrogens is 516 g/mol. The fraction of sp³-hybridized carbons (Fsp3) is 0.407. The highest BCUT2D eigenvalue weighted by atomic mass is 16.4. The van der Waals surface area contributed by atoms with Gasteiger partial charge in [-0.1, -0.05) is 44.2 Å². The zero-order valence-corrected chi connectivity index (χ0v) is 22.5. The third-order valence-corrected chi connectivity index (χ3v) is 6.18. The number of amides is 3. The lowest BCUT2D eigenvalue weighted by Crippen LogP contribution is -2.58. The van der Waals surface area contributed by atoms with E-state index in [1.54, 1.807) is 0 Å². The predicted octanol–water partition coefficient (Wildman–Crippen LogP) is 0.0731. The second kappa shape index (κ2) is 14.6. The Morgan fingerprint density at radius 1 is 0.800 bits per heavy atom. The molecule has 13 nitrogen and oxygen atoms in total. The van der Waals surface area contributed by atoms with E-state index in [0.717, 1.165) is 5.56 Å². The van der Waals surface area contributed by atoms with Crippen molar-refractivity contribution in [3.05, 3.63) is 72.3 Å². The highest BCUT2D eigenvalue weighted by molar-refractivity contribution is 5.94. The average Bonchev–Trinajstić information content (AvgIpc) is 3.62. The van der Waals surface area contributed by atoms with Crippen molar-refractivity contribution in [2.24, 2.45) is 11.7 Å². The molecule has 3 aromatic rings. The van der Waals surface area contributed by atoms with E-state index in [-0.39, 0.29) is 31.6 Å². The highest BCUT2D eigenvalue weighted by Gasteiger charge is 2.31. The van der Waals surface area contributed by atoms with Crippen LogP contribution in [0.4, 0.5) is 0 Å². The number of rotatable bonds is 15. The van der Waals surface area contributed by atoms with E-state index in [1.165, 1.54) is 25.0 Å². The second-order valence-electron chi connectivity index (χ2n) is 10.0. The van der Waals surface area contributed by atoms with Crippen molar-refractivity contribution in [2.45, 2.75) is 63.7 Å². The van der Waals surface area contributed by atoms with Gasteiger partial charge in [0.05, 0.1) is 18.7 Å². The molecule has 13 heteroatoms. The number of H-pyrrole nitrogens is 2. The van der Waals surface area contributed by atoms with Gasteiger partial charge in [-0.05, 0) is 24.3 Å². The molecule has 4 unspecified atom stereocenters. The molecule has 0 aliphatic carbocycles. The van der Waals surface area contributed by atoms with Crippen LogP contribution in [0.3, 0.4) is 0 Å². The Kier molecular flexibility index (Phi) is 10.9. The molecule has 3 rings (SSSR count). The Morgan fingerprint density at radius 3 is 1.75 bits per heavy atom. The minimum Gasteiger partial charge on any atom is -0.480 e. The largest absolute Gasteiger partial charge is 0.480 e. The van der Waals surface area contributed by atoms with Gasteiger partial charge >= 0.3 is 5.97 Å². The zero-order chi connectivity index (χ0) is 29.1. The maximum absolute atomic E-state index is 13.5. The van der Waals surface area contributed by atoms with Crippen molar-refractivity contribution in [2.75, 3.05) is 0 Å². The lowest BCUT2D eigenvalue weighted by molar-refractivity contribution is -0.142. The average molecular weight is 553 g/mol. The van der Waals surface area contributed by atoms with E-state index in [0.29, 0.717) is 11.4 Å². The molecule has 0 radical (unpaired) electrons. The summed E-state index contributed by atoms with van der Waals surface area (Å²) in [5.74, 6) is -3.03. The molecule has 40 heavy (non-hydrogen) atoms. The molecule has 4 atom stereocenters. The SMILES string of the molecule is CC(C)CC(NC(=O)C(Cc1cnc[nH]1)NC(=O)C(Cc1cnc[nH]1)NC(=O)C(N)Cc1ccccc1)C(=O)O. The van der Waals surface area contributed by atoms with Gasteiger partial charge in [-0.15, -0.1) is 0 Å². The molecule has 0 fully saturated rings. The van der Waals surface area contributed by atoms with Gasteiger partial charge in [0.15, 0.2) is 0 Å². The van der Waals surface area contributed by atoms with Crippen LogP contribution < -0.4 is 21.7 Å². The zero-order valence-electron chi connectivity index (χ0n) is 22.5. The summed E-state index contributed by atoms with van der Waals surface area (Å²) in [6.07, 6.45) is 6.45. The molecule has 0 aliphatic rings. The number of nitrogens with zero attached hydrogens (tertiary/aromatic N) is 2. The van der Waals surface area contributed by atoms with E-state index in [9.17, 15) is 24.3 Å². The quantitative estimate of drug-likeness (QED) is 0.137. The number of aromatic amines is 2. The summed E-state index contributed by atoms with van der Waals surface area (Å²) < 4.78 is 0. The molecular formula is C27H36N8O5. The molecule has 0 saturated carbocycles. The third-order valence-electron chi connectivity index (χ3n) is 6.18. The van der Waals surface area contributed by atoms with Gasteiger partial charge in [0, 0.05) is 36.6 Å². The van der Waals surface area contributed by atoms with Crippen LogP contribution in [0.15, 0.2) is 55.4 Å². The molecule has 1 aromatic carbocycles. The Labute approximate surface area is 231 Å². The second-order valence-corrected chi connectivity index (χ2v) is 10.0. The van der Waals surface area contributed by atoms with Crippen molar-refractivity contribution < 1.29 is 24.3 Å². The fourth-order valence-corrected chi connectivity index (χ4v) is 4.13. The predicted molar refractivity (Wildman–Crippen MR) is 146 cm³/mol. The fourth-order valence-electron chi connectivity index (χ4n) is 4.13. The number of nitrogens with two attached hydrogens (primary N) is 1. The van der Waals surface area contributed by atoms with E-state index >= 15 is 0 Å². The van der Waals surface area contributed by atoms with Gasteiger partial charge < -0.3 is 36.8 Å². The first kappa shape index (κ1) is 30.0. The smallest absolute Gasteiger partial charge is 0.326 e. The van der Waals surface area contributed by atoms with Crippen LogP contribution in [0.1, 0.15) is 37.2 Å². The van der Waals surface area contributed by atoms with E-state index < -0.39 is 47.9 Å². The van der Waals surface area contributed by atoms with E-state index in [1.807, 2.05) is 44.2 Å². The summed E-state index contributed by atoms with van der Waals surface area (Å²) in [7, 11) is 0. The third kappa shape index (κ3) is 9.34. The van der Waals surface area contributed by atoms with Crippen molar-refractivity contribution in [3.8, 4) is 0 Å². The van der Waals surface area contributed by atoms with Gasteiger partial charge in [0.1, 0.15) is 18.1 Å². The normalized spacial score (nSPS) is 14.1. The number of carbonyl (C=O) groups excluding carboxylic acids is 3. The summed E-state index contributed by atoms with van der Waals surface area (Å²) >= 11 is 0. The number of imidazole rings is 2. The van der Waals surface area contributed by atoms with E-state index in [2.05, 4.69) is 35.9 Å². The number of aromatic nitrogens is 4. The van der Waals surface area contributed by atoms with Crippen molar-refractivity contribution in [1.29, 1.82) is 0 Å². The highest BCUT2D eigenvalue weighted by Crippen LogP contribution is 2.08. The van der Waals surface area contributed by atoms with Crippen LogP contribution in [-0.4, -0.2) is 72.9 Å². The number of carboxylic acid groups (broad SMARTS) is 1. The number of hydrogen-bond acceptors (Lipinski definition) is 7. The number of nitrogens with one attached hydrogen (secondary N) is 5. The van der Waals surface area contributed by atoms with Crippen LogP contribution in [0.25, 0.3) is 0 Å². The number of aliphatic carboxylic acids is 1. The molecule has 0 bridgehead atoms. The lowest BCUT2D eigenvalue weighted by Gasteiger charge is -2.25. The minimum atomic E-state index is -1.18. The van der Waals surface area contributed by atoms with Gasteiger partial charge in [0.25, 0.3) is 0 Å². The Hall–Kier alpha value is -4.52. The number of benzene rings is 1. The van der Waals surface area contributed by atoms with Crippen LogP contribution in [0.5, 0.6) is 0 Å². The van der Waals surface area contributed by atoms with Crippen molar-refractivity contribution in [1.82, 2.24) is 35.9 Å². The topological polar surface area (TPSA) is 208 Å². The first-order valence-electron chi connectivity index (χ1n) is 13.0. The van der Waals surface area contributed by atoms with Crippen molar-refractivity contribution >= 4 is 23.7 Å². The summed E-state index contributed by atoms with van der Waals surface area (Å²) in [4.78, 5) is 65.2. The standard InChI is InChI=1S/C27H36N8O5/c1-16(2)8-23(27(39)40)35-26(38)22(11-19-13-30-15-32-19)34-25(37)21(10-18-12-29-14-31-18)33-24(36)20(28)9-17-6-4-3-5-7-17/h3-7,12-16,20-23H,8-11,28H2,1-2H3,(H,29,31)(H,30,32)(H,33,36)(H,34,37)(H,35,38)(H,39,40). The maximum atomic E-state index is 13.5. The van der Waals surface area contributed by atoms with Gasteiger partial charge in [-0.25, -0.2) is 14.8 Å². The van der Waals surface area contributed by atoms with Crippen molar-refractivity contribution in [3.63, 3.8) is 0 Å². The molecule has 2 heterocycles. The molecule has 8 N–H and O–H groups in total. The molecule has 3 amide bonds. The van der Waals surface area contributed by atoms with E-state index in [4.69, 9.17) is 5.73 Å². The lowest BCUT2D eigenvalue weighted by atomic mass is 10.0. The first-order valence-corrected chi connectivity index (χ1v) is 13.0. The van der Waals surface area contributed by atoms with Gasteiger partial charge in [-0.2, -0.15) is 0 Å². The van der Waals surface area contributed by atoms with Crippen LogP contribution in [0, 0.1) is 5.92 Å². The molecule has 2 aromatic heterocycles. The summed E-state index contributed by atoms with van der Waals surface area (Å²) in [6, 6.07) is 4.94. The minimum absolute atomic E-state index is 0.0103. The maximum Gasteiger partial charge on any atom is 0.326 e. The Morgan fingerprint density at radius 2 is 1.30 bits per heavy atom. The summed E-state index contributed by atoms with van der Waals surface area (Å²) in [5, 5.41) is 17.5. The van der Waals surface area contributed by atoms with Crippen LogP contribution in [-0.2, 0) is 38.4 Å². The Bertz CT molecular complexity index is 1230. The molecule has 0 aliphatic heterocycles. The number of carboxylic acids is 1. The molecule has 214 valence electrons. The summed E-state index contributed by atoms with van der Waals surface area (Å²) in [5.41, 5.74) is 8.13. The molecule has 0 saturated heterocycles. The molecule has 0 spiro atoms. The van der Waals surface area contributed by atoms with Crippen LogP contribution >= 0.6 is 0 Å². The summed E-state index contributed by atoms with van der Waals surface area (Å²) in [6.45, 7) is 3.69. The van der Waals surface area contributed by atoms with Crippen LogP contribution in [0.2, 0.25) is 0 Å². The van der Waals surface area contributed by atoms with Gasteiger partial charge in [0.2, 0.25) is 17.7 Å². The first-order chi connectivity index (χ1) is 19.1. The van der Waals surface area contributed by atoms with Gasteiger partial charge in [-0.3, -0.25) is 14.4 Å². The monoisotopic (exact) mass is 552 g/mol. The Balaban J connectivity index is 1.77. The number of carbonyl (C=O) groups is 4.